The van der Waals surface area contributed by atoms with Crippen LogP contribution in [0.5, 0.6) is 0 Å². The molecule has 1 aliphatic heterocycles. The van der Waals surface area contributed by atoms with Crippen LogP contribution in [-0.2, 0) is 6.54 Å². The Hall–Kier alpha value is -0.350. The van der Waals surface area contributed by atoms with E-state index in [9.17, 15) is 5.11 Å². The van der Waals surface area contributed by atoms with Gasteiger partial charge in [-0.2, -0.15) is 0 Å². The van der Waals surface area contributed by atoms with Gasteiger partial charge in [-0.3, -0.25) is 4.90 Å². The van der Waals surface area contributed by atoms with Crippen LogP contribution >= 0.6 is 23.2 Å². The fraction of sp³-hybridized carbons (Fsp3) is 0.615. The Morgan fingerprint density at radius 3 is 2.83 bits per heavy atom. The minimum Gasteiger partial charge on any atom is -0.393 e. The smallest absolute Gasteiger partial charge is 0.135 e. The fourth-order valence-electron chi connectivity index (χ4n) is 2.39. The lowest BCUT2D eigenvalue weighted by atomic mass is 10.0. The highest BCUT2D eigenvalue weighted by Gasteiger charge is 2.26. The molecule has 1 aromatic rings. The van der Waals surface area contributed by atoms with Crippen molar-refractivity contribution in [3.63, 3.8) is 0 Å². The van der Waals surface area contributed by atoms with E-state index >= 15 is 0 Å². The summed E-state index contributed by atoms with van der Waals surface area (Å²) in [6, 6.07) is 1.84. The van der Waals surface area contributed by atoms with E-state index in [1.165, 1.54) is 0 Å². The minimum atomic E-state index is -0.253. The highest BCUT2D eigenvalue weighted by Crippen LogP contribution is 2.28. The molecule has 18 heavy (non-hydrogen) atoms. The summed E-state index contributed by atoms with van der Waals surface area (Å²) in [7, 11) is 0. The van der Waals surface area contributed by atoms with E-state index in [2.05, 4.69) is 9.88 Å². The summed E-state index contributed by atoms with van der Waals surface area (Å²) >= 11 is 12.4. The number of aliphatic hydroxyl groups is 1. The molecular formula is C13H18Cl2N2O. The molecule has 0 aromatic carbocycles. The number of hydrogen-bond acceptors (Lipinski definition) is 3. The van der Waals surface area contributed by atoms with Crippen LogP contribution < -0.4 is 0 Å². The van der Waals surface area contributed by atoms with Gasteiger partial charge in [0.15, 0.2) is 0 Å². The predicted octanol–water partition coefficient (Wildman–Crippen LogP) is 2.90. The van der Waals surface area contributed by atoms with Crippen molar-refractivity contribution in [1.82, 2.24) is 9.88 Å². The van der Waals surface area contributed by atoms with Crippen molar-refractivity contribution in [2.45, 2.75) is 32.9 Å². The Morgan fingerprint density at radius 1 is 1.56 bits per heavy atom. The molecule has 0 bridgehead atoms. The standard InChI is InChI=1S/C13H18Cl2N2O/c1-8-5-12(14)11(13(15)16-8)7-17-4-3-10(6-17)9(2)18/h5,9-10,18H,3-4,6-7H2,1-2H3. The van der Waals surface area contributed by atoms with Crippen LogP contribution in [0.4, 0.5) is 0 Å². The Kier molecular flexibility index (Phi) is 4.49. The molecule has 0 radical (unpaired) electrons. The summed E-state index contributed by atoms with van der Waals surface area (Å²) in [6.07, 6.45) is 0.767. The summed E-state index contributed by atoms with van der Waals surface area (Å²) in [5.41, 5.74) is 1.72. The molecule has 0 saturated carbocycles. The summed E-state index contributed by atoms with van der Waals surface area (Å²) in [4.78, 5) is 6.50. The van der Waals surface area contributed by atoms with Crippen LogP contribution in [0.15, 0.2) is 6.07 Å². The average molecular weight is 289 g/mol. The maximum atomic E-state index is 9.59. The van der Waals surface area contributed by atoms with Crippen molar-refractivity contribution < 1.29 is 5.11 Å². The molecule has 100 valence electrons. The zero-order chi connectivity index (χ0) is 13.3. The van der Waals surface area contributed by atoms with Crippen molar-refractivity contribution in [1.29, 1.82) is 0 Å². The van der Waals surface area contributed by atoms with Gasteiger partial charge in [-0.15, -0.1) is 0 Å². The van der Waals surface area contributed by atoms with Crippen LogP contribution in [0.1, 0.15) is 24.6 Å². The first-order chi connectivity index (χ1) is 8.47. The number of hydrogen-bond donors (Lipinski definition) is 1. The number of aliphatic hydroxyl groups excluding tert-OH is 1. The lowest BCUT2D eigenvalue weighted by molar-refractivity contribution is 0.127. The van der Waals surface area contributed by atoms with Gasteiger partial charge < -0.3 is 5.11 Å². The van der Waals surface area contributed by atoms with Gasteiger partial charge in [0.05, 0.1) is 6.10 Å². The number of rotatable bonds is 3. The van der Waals surface area contributed by atoms with E-state index in [0.717, 1.165) is 30.8 Å². The first kappa shape index (κ1) is 14.1. The SMILES string of the molecule is Cc1cc(Cl)c(CN2CCC(C(C)O)C2)c(Cl)n1. The van der Waals surface area contributed by atoms with Gasteiger partial charge in [0, 0.05) is 29.4 Å². The Labute approximate surface area is 118 Å². The third-order valence-corrected chi connectivity index (χ3v) is 4.17. The molecule has 0 spiro atoms. The second kappa shape index (κ2) is 5.74. The molecule has 0 amide bonds. The highest BCUT2D eigenvalue weighted by atomic mass is 35.5. The zero-order valence-electron chi connectivity index (χ0n) is 10.7. The van der Waals surface area contributed by atoms with Gasteiger partial charge in [-0.1, -0.05) is 23.2 Å². The van der Waals surface area contributed by atoms with Gasteiger partial charge >= 0.3 is 0 Å². The second-order valence-corrected chi connectivity index (χ2v) is 5.80. The number of aryl methyl sites for hydroxylation is 1. The van der Waals surface area contributed by atoms with Crippen molar-refractivity contribution in [2.75, 3.05) is 13.1 Å². The maximum absolute atomic E-state index is 9.59. The minimum absolute atomic E-state index is 0.253. The third-order valence-electron chi connectivity index (χ3n) is 3.52. The van der Waals surface area contributed by atoms with E-state index in [0.29, 0.717) is 22.6 Å². The van der Waals surface area contributed by atoms with Gasteiger partial charge in [-0.05, 0) is 38.8 Å². The van der Waals surface area contributed by atoms with E-state index in [-0.39, 0.29) is 6.10 Å². The zero-order valence-corrected chi connectivity index (χ0v) is 12.2. The van der Waals surface area contributed by atoms with Gasteiger partial charge in [0.2, 0.25) is 0 Å². The van der Waals surface area contributed by atoms with Crippen LogP contribution in [-0.4, -0.2) is 34.2 Å². The quantitative estimate of drug-likeness (QED) is 0.869. The predicted molar refractivity (Wildman–Crippen MR) is 74.1 cm³/mol. The highest BCUT2D eigenvalue weighted by molar-refractivity contribution is 6.35. The van der Waals surface area contributed by atoms with Crippen LogP contribution in [0, 0.1) is 12.8 Å². The normalized spacial score (nSPS) is 22.4. The molecule has 0 aliphatic carbocycles. The van der Waals surface area contributed by atoms with E-state index < -0.39 is 0 Å². The van der Waals surface area contributed by atoms with Crippen molar-refractivity contribution in [3.8, 4) is 0 Å². The van der Waals surface area contributed by atoms with E-state index in [1.807, 2.05) is 19.9 Å². The summed E-state index contributed by atoms with van der Waals surface area (Å²) < 4.78 is 0. The molecular weight excluding hydrogens is 271 g/mol. The lowest BCUT2D eigenvalue weighted by Gasteiger charge is -2.18. The van der Waals surface area contributed by atoms with Gasteiger partial charge in [0.25, 0.3) is 0 Å². The molecule has 2 rings (SSSR count). The van der Waals surface area contributed by atoms with E-state index in [1.54, 1.807) is 0 Å². The maximum Gasteiger partial charge on any atom is 0.135 e. The molecule has 2 unspecified atom stereocenters. The molecule has 1 aromatic heterocycles. The first-order valence-corrected chi connectivity index (χ1v) is 6.95. The average Bonchev–Trinajstić information content (AvgIpc) is 2.71. The molecule has 1 N–H and O–H groups in total. The summed E-state index contributed by atoms with van der Waals surface area (Å²) in [6.45, 7) is 6.28. The Bertz CT molecular complexity index is 414. The third kappa shape index (κ3) is 3.15. The number of nitrogens with zero attached hydrogens (tertiary/aromatic N) is 2. The molecule has 2 atom stereocenters. The summed E-state index contributed by atoms with van der Waals surface area (Å²) in [5, 5.41) is 10.8. The topological polar surface area (TPSA) is 36.4 Å². The Morgan fingerprint density at radius 2 is 2.28 bits per heavy atom. The van der Waals surface area contributed by atoms with Crippen molar-refractivity contribution >= 4 is 23.2 Å². The lowest BCUT2D eigenvalue weighted by Crippen LogP contribution is -2.24. The largest absolute Gasteiger partial charge is 0.393 e. The number of aromatic nitrogens is 1. The van der Waals surface area contributed by atoms with Crippen LogP contribution in [0.25, 0.3) is 0 Å². The van der Waals surface area contributed by atoms with Crippen molar-refractivity contribution in [2.24, 2.45) is 5.92 Å². The fourth-order valence-corrected chi connectivity index (χ4v) is 3.04. The number of pyridine rings is 1. The molecule has 1 saturated heterocycles. The van der Waals surface area contributed by atoms with Crippen LogP contribution in [0.3, 0.4) is 0 Å². The monoisotopic (exact) mass is 288 g/mol. The molecule has 1 fully saturated rings. The molecule has 2 heterocycles. The Balaban J connectivity index is 2.07. The first-order valence-electron chi connectivity index (χ1n) is 6.19. The van der Waals surface area contributed by atoms with Crippen LogP contribution in [0.2, 0.25) is 10.2 Å². The van der Waals surface area contributed by atoms with Gasteiger partial charge in [0.1, 0.15) is 5.15 Å². The summed E-state index contributed by atoms with van der Waals surface area (Å²) in [5.74, 6) is 0.348. The van der Waals surface area contributed by atoms with E-state index in [4.69, 9.17) is 23.2 Å². The van der Waals surface area contributed by atoms with Crippen molar-refractivity contribution in [3.05, 3.63) is 27.5 Å². The van der Waals surface area contributed by atoms with Gasteiger partial charge in [-0.25, -0.2) is 4.98 Å². The molecule has 5 heteroatoms. The number of likely N-dealkylation sites (tertiary alicyclic amines) is 1. The molecule has 3 nitrogen and oxygen atoms in total. The second-order valence-electron chi connectivity index (χ2n) is 5.04. The molecule has 1 aliphatic rings. The number of halogens is 2.